The van der Waals surface area contributed by atoms with Crippen LogP contribution < -0.4 is 5.32 Å². The van der Waals surface area contributed by atoms with E-state index in [9.17, 15) is 0 Å². The molecule has 0 spiro atoms. The first-order valence-corrected chi connectivity index (χ1v) is 6.89. The van der Waals surface area contributed by atoms with Crippen molar-refractivity contribution >= 4 is 0 Å². The Bertz CT molecular complexity index is 494. The van der Waals surface area contributed by atoms with Crippen LogP contribution in [0.5, 0.6) is 0 Å². The predicted molar refractivity (Wildman–Crippen MR) is 80.3 cm³/mol. The second-order valence-corrected chi connectivity index (χ2v) is 5.07. The summed E-state index contributed by atoms with van der Waals surface area (Å²) in [7, 11) is 2.05. The minimum Gasteiger partial charge on any atom is -0.317 e. The molecule has 0 aliphatic heterocycles. The summed E-state index contributed by atoms with van der Waals surface area (Å²) in [4.78, 5) is 4.05. The van der Waals surface area contributed by atoms with E-state index in [2.05, 4.69) is 53.6 Å². The summed E-state index contributed by atoms with van der Waals surface area (Å²) in [5.74, 6) is 0. The van der Waals surface area contributed by atoms with Crippen LogP contribution in [0.3, 0.4) is 0 Å². The maximum atomic E-state index is 4.05. The number of aryl methyl sites for hydroxylation is 2. The van der Waals surface area contributed by atoms with Crippen molar-refractivity contribution in [1.29, 1.82) is 0 Å². The van der Waals surface area contributed by atoms with Crippen molar-refractivity contribution in [2.75, 3.05) is 7.05 Å². The molecular weight excluding hydrogens is 232 g/mol. The highest BCUT2D eigenvalue weighted by Gasteiger charge is 2.07. The van der Waals surface area contributed by atoms with Crippen molar-refractivity contribution in [3.63, 3.8) is 0 Å². The zero-order valence-corrected chi connectivity index (χ0v) is 11.8. The molecule has 1 aromatic carbocycles. The molecule has 1 N–H and O–H groups in total. The van der Waals surface area contributed by atoms with Crippen molar-refractivity contribution in [3.8, 4) is 0 Å². The van der Waals surface area contributed by atoms with Gasteiger partial charge in [-0.25, -0.2) is 0 Å². The molecule has 2 rings (SSSR count). The van der Waals surface area contributed by atoms with Gasteiger partial charge in [-0.1, -0.05) is 29.8 Å². The largest absolute Gasteiger partial charge is 0.317 e. The Labute approximate surface area is 115 Å². The molecule has 0 saturated heterocycles. The fourth-order valence-corrected chi connectivity index (χ4v) is 2.36. The first-order valence-electron chi connectivity index (χ1n) is 6.89. The molecule has 1 heterocycles. The van der Waals surface area contributed by atoms with Crippen LogP contribution in [0, 0.1) is 6.92 Å². The van der Waals surface area contributed by atoms with E-state index in [1.54, 1.807) is 0 Å². The van der Waals surface area contributed by atoms with E-state index in [0.29, 0.717) is 6.04 Å². The van der Waals surface area contributed by atoms with E-state index >= 15 is 0 Å². The molecule has 19 heavy (non-hydrogen) atoms. The standard InChI is InChI=1S/C17H22N2/c1-14-4-3-5-16(12-14)13-17(18-2)7-6-15-8-10-19-11-9-15/h3-5,8-12,17-18H,6-7,13H2,1-2H3. The van der Waals surface area contributed by atoms with Gasteiger partial charge in [0.25, 0.3) is 0 Å². The highest BCUT2D eigenvalue weighted by atomic mass is 14.9. The van der Waals surface area contributed by atoms with Gasteiger partial charge in [-0.05, 0) is 56.5 Å². The predicted octanol–water partition coefficient (Wildman–Crippen LogP) is 3.15. The molecule has 2 aromatic rings. The van der Waals surface area contributed by atoms with E-state index in [1.165, 1.54) is 16.7 Å². The highest BCUT2D eigenvalue weighted by molar-refractivity contribution is 5.23. The van der Waals surface area contributed by atoms with Gasteiger partial charge in [0.1, 0.15) is 0 Å². The average Bonchev–Trinajstić information content (AvgIpc) is 2.44. The normalized spacial score (nSPS) is 12.3. The van der Waals surface area contributed by atoms with E-state index < -0.39 is 0 Å². The van der Waals surface area contributed by atoms with Gasteiger partial charge in [-0.3, -0.25) is 4.98 Å². The molecule has 0 aliphatic carbocycles. The topological polar surface area (TPSA) is 24.9 Å². The lowest BCUT2D eigenvalue weighted by Crippen LogP contribution is -2.28. The first-order chi connectivity index (χ1) is 9.28. The Balaban J connectivity index is 1.90. The van der Waals surface area contributed by atoms with Crippen molar-refractivity contribution in [3.05, 3.63) is 65.5 Å². The van der Waals surface area contributed by atoms with Gasteiger partial charge in [0.15, 0.2) is 0 Å². The lowest BCUT2D eigenvalue weighted by atomic mass is 9.99. The number of rotatable bonds is 6. The average molecular weight is 254 g/mol. The summed E-state index contributed by atoms with van der Waals surface area (Å²) < 4.78 is 0. The van der Waals surface area contributed by atoms with Crippen LogP contribution in [-0.4, -0.2) is 18.1 Å². The first kappa shape index (κ1) is 13.8. The van der Waals surface area contributed by atoms with Crippen LogP contribution in [0.25, 0.3) is 0 Å². The molecule has 0 fully saturated rings. The highest BCUT2D eigenvalue weighted by Crippen LogP contribution is 2.11. The van der Waals surface area contributed by atoms with Crippen molar-refractivity contribution in [2.24, 2.45) is 0 Å². The summed E-state index contributed by atoms with van der Waals surface area (Å²) in [6.07, 6.45) is 7.06. The SMILES string of the molecule is CNC(CCc1ccncc1)Cc1cccc(C)c1. The van der Waals surface area contributed by atoms with E-state index in [-0.39, 0.29) is 0 Å². The summed E-state index contributed by atoms with van der Waals surface area (Å²) in [6.45, 7) is 2.15. The molecule has 2 nitrogen and oxygen atoms in total. The zero-order chi connectivity index (χ0) is 13.5. The summed E-state index contributed by atoms with van der Waals surface area (Å²) in [6, 6.07) is 13.5. The molecule has 1 unspecified atom stereocenters. The minimum atomic E-state index is 0.523. The molecule has 0 radical (unpaired) electrons. The maximum Gasteiger partial charge on any atom is 0.0270 e. The van der Waals surface area contributed by atoms with Crippen molar-refractivity contribution < 1.29 is 0 Å². The van der Waals surface area contributed by atoms with Crippen LogP contribution in [0.1, 0.15) is 23.1 Å². The lowest BCUT2D eigenvalue weighted by Gasteiger charge is -2.16. The number of hydrogen-bond donors (Lipinski definition) is 1. The van der Waals surface area contributed by atoms with Crippen LogP contribution in [0.2, 0.25) is 0 Å². The van der Waals surface area contributed by atoms with E-state index in [4.69, 9.17) is 0 Å². The smallest absolute Gasteiger partial charge is 0.0270 e. The Morgan fingerprint density at radius 1 is 1.11 bits per heavy atom. The lowest BCUT2D eigenvalue weighted by molar-refractivity contribution is 0.520. The third-order valence-electron chi connectivity index (χ3n) is 3.50. The van der Waals surface area contributed by atoms with Crippen LogP contribution in [0.15, 0.2) is 48.8 Å². The van der Waals surface area contributed by atoms with Gasteiger partial charge in [-0.2, -0.15) is 0 Å². The molecular formula is C17H22N2. The second kappa shape index (κ2) is 7.05. The molecule has 0 amide bonds. The summed E-state index contributed by atoms with van der Waals surface area (Å²) in [5.41, 5.74) is 4.11. The number of nitrogens with zero attached hydrogens (tertiary/aromatic N) is 1. The van der Waals surface area contributed by atoms with E-state index in [1.807, 2.05) is 19.4 Å². The monoisotopic (exact) mass is 254 g/mol. The zero-order valence-electron chi connectivity index (χ0n) is 11.8. The Morgan fingerprint density at radius 2 is 1.89 bits per heavy atom. The Hall–Kier alpha value is -1.67. The second-order valence-electron chi connectivity index (χ2n) is 5.07. The number of likely N-dealkylation sites (N-methyl/N-ethyl adjacent to an activating group) is 1. The van der Waals surface area contributed by atoms with Crippen LogP contribution in [0.4, 0.5) is 0 Å². The summed E-state index contributed by atoms with van der Waals surface area (Å²) in [5, 5.41) is 3.42. The number of pyridine rings is 1. The van der Waals surface area contributed by atoms with Crippen molar-refractivity contribution in [1.82, 2.24) is 10.3 Å². The third-order valence-corrected chi connectivity index (χ3v) is 3.50. The van der Waals surface area contributed by atoms with Gasteiger partial charge >= 0.3 is 0 Å². The number of aromatic nitrogens is 1. The molecule has 0 aliphatic rings. The number of benzene rings is 1. The molecule has 1 atom stereocenters. The van der Waals surface area contributed by atoms with Gasteiger partial charge < -0.3 is 5.32 Å². The molecule has 100 valence electrons. The Morgan fingerprint density at radius 3 is 2.58 bits per heavy atom. The Kier molecular flexibility index (Phi) is 5.10. The van der Waals surface area contributed by atoms with Gasteiger partial charge in [0.05, 0.1) is 0 Å². The third kappa shape index (κ3) is 4.49. The van der Waals surface area contributed by atoms with Crippen molar-refractivity contribution in [2.45, 2.75) is 32.2 Å². The number of nitrogens with one attached hydrogen (secondary N) is 1. The van der Waals surface area contributed by atoms with Gasteiger partial charge in [0.2, 0.25) is 0 Å². The van der Waals surface area contributed by atoms with Gasteiger partial charge in [0, 0.05) is 18.4 Å². The fourth-order valence-electron chi connectivity index (χ4n) is 2.36. The molecule has 0 bridgehead atoms. The van der Waals surface area contributed by atoms with Crippen LogP contribution >= 0.6 is 0 Å². The quantitative estimate of drug-likeness (QED) is 0.856. The van der Waals surface area contributed by atoms with Crippen LogP contribution in [-0.2, 0) is 12.8 Å². The molecule has 2 heteroatoms. The minimum absolute atomic E-state index is 0.523. The molecule has 1 aromatic heterocycles. The van der Waals surface area contributed by atoms with E-state index in [0.717, 1.165) is 19.3 Å². The summed E-state index contributed by atoms with van der Waals surface area (Å²) >= 11 is 0. The fraction of sp³-hybridized carbons (Fsp3) is 0.353. The number of hydrogen-bond acceptors (Lipinski definition) is 2. The van der Waals surface area contributed by atoms with Gasteiger partial charge in [-0.15, -0.1) is 0 Å². The molecule has 0 saturated carbocycles. The maximum absolute atomic E-state index is 4.05.